The fourth-order valence-electron chi connectivity index (χ4n) is 2.62. The number of carbonyl (C=O) groups excluding carboxylic acids is 1. The van der Waals surface area contributed by atoms with E-state index in [4.69, 9.17) is 14.2 Å². The lowest BCUT2D eigenvalue weighted by atomic mass is 10.1. The fraction of sp³-hybridized carbons (Fsp3) is 0.917. The van der Waals surface area contributed by atoms with Crippen LogP contribution in [0.25, 0.3) is 0 Å². The average molecular weight is 243 g/mol. The van der Waals surface area contributed by atoms with Crippen molar-refractivity contribution in [3.05, 3.63) is 0 Å². The molecule has 2 rings (SSSR count). The van der Waals surface area contributed by atoms with Crippen molar-refractivity contribution in [2.24, 2.45) is 0 Å². The topological polar surface area (TPSA) is 56.8 Å². The summed E-state index contributed by atoms with van der Waals surface area (Å²) in [6.45, 7) is 8.08. The summed E-state index contributed by atoms with van der Waals surface area (Å²) in [5.41, 5.74) is 0. The van der Waals surface area contributed by atoms with Gasteiger partial charge in [-0.25, -0.2) is 0 Å². The van der Waals surface area contributed by atoms with Gasteiger partial charge in [0.25, 0.3) is 0 Å². The minimum atomic E-state index is -0.557. The molecule has 0 spiro atoms. The first kappa shape index (κ1) is 12.8. The number of rotatable bonds is 3. The Kier molecular flexibility index (Phi) is 3.43. The summed E-state index contributed by atoms with van der Waals surface area (Å²) < 4.78 is 16.6. The van der Waals surface area contributed by atoms with Crippen molar-refractivity contribution >= 4 is 5.97 Å². The number of ether oxygens (including phenoxy) is 3. The molecular weight excluding hydrogens is 222 g/mol. The molecule has 4 atom stereocenters. The standard InChI is InChI=1S/C12H21NO4/c1-5-15-9(14)6-8-11-10(7(2)13-8)16-12(3,4)17-11/h7-8,10-11,13H,5-6H2,1-4H3/t7-,8-,10+,11-/m0/s1. The van der Waals surface area contributed by atoms with Gasteiger partial charge < -0.3 is 19.5 Å². The highest BCUT2D eigenvalue weighted by atomic mass is 16.8. The van der Waals surface area contributed by atoms with Gasteiger partial charge in [0.05, 0.1) is 13.0 Å². The van der Waals surface area contributed by atoms with E-state index in [1.807, 2.05) is 27.7 Å². The van der Waals surface area contributed by atoms with Crippen molar-refractivity contribution in [2.75, 3.05) is 6.61 Å². The first-order valence-electron chi connectivity index (χ1n) is 6.20. The maximum atomic E-state index is 11.5. The van der Waals surface area contributed by atoms with E-state index in [1.165, 1.54) is 0 Å². The highest BCUT2D eigenvalue weighted by molar-refractivity contribution is 5.70. The van der Waals surface area contributed by atoms with E-state index in [-0.39, 0.29) is 30.3 Å². The van der Waals surface area contributed by atoms with Crippen LogP contribution in [0, 0.1) is 0 Å². The Bertz CT molecular complexity index is 305. The van der Waals surface area contributed by atoms with E-state index in [1.54, 1.807) is 0 Å². The Hall–Kier alpha value is -0.650. The summed E-state index contributed by atoms with van der Waals surface area (Å²) in [5, 5.41) is 3.33. The smallest absolute Gasteiger partial charge is 0.307 e. The second kappa shape index (κ2) is 4.55. The molecule has 98 valence electrons. The third-order valence-corrected chi connectivity index (χ3v) is 3.22. The zero-order valence-corrected chi connectivity index (χ0v) is 10.9. The lowest BCUT2D eigenvalue weighted by Gasteiger charge is -2.23. The second-order valence-electron chi connectivity index (χ2n) is 5.14. The number of fused-ring (bicyclic) bond motifs is 1. The van der Waals surface area contributed by atoms with Crippen LogP contribution in [-0.2, 0) is 19.0 Å². The van der Waals surface area contributed by atoms with Gasteiger partial charge in [-0.3, -0.25) is 4.79 Å². The van der Waals surface area contributed by atoms with Gasteiger partial charge in [-0.1, -0.05) is 0 Å². The summed E-state index contributed by atoms with van der Waals surface area (Å²) in [5.74, 6) is -0.746. The molecule has 5 heteroatoms. The van der Waals surface area contributed by atoms with Gasteiger partial charge in [0.2, 0.25) is 0 Å². The first-order chi connectivity index (χ1) is 7.93. The van der Waals surface area contributed by atoms with E-state index < -0.39 is 5.79 Å². The van der Waals surface area contributed by atoms with Gasteiger partial charge in [-0.15, -0.1) is 0 Å². The number of hydrogen-bond donors (Lipinski definition) is 1. The number of esters is 1. The van der Waals surface area contributed by atoms with Crippen molar-refractivity contribution < 1.29 is 19.0 Å². The molecule has 0 saturated carbocycles. The van der Waals surface area contributed by atoms with Crippen LogP contribution in [0.4, 0.5) is 0 Å². The Labute approximate surface area is 102 Å². The molecule has 17 heavy (non-hydrogen) atoms. The summed E-state index contributed by atoms with van der Waals surface area (Å²) in [4.78, 5) is 11.5. The highest BCUT2D eigenvalue weighted by Gasteiger charge is 2.52. The van der Waals surface area contributed by atoms with Gasteiger partial charge in [0.15, 0.2) is 5.79 Å². The van der Waals surface area contributed by atoms with E-state index in [2.05, 4.69) is 5.32 Å². The van der Waals surface area contributed by atoms with E-state index in [0.717, 1.165) is 0 Å². The molecule has 0 unspecified atom stereocenters. The van der Waals surface area contributed by atoms with Gasteiger partial charge in [0.1, 0.15) is 12.2 Å². The Morgan fingerprint density at radius 2 is 2.00 bits per heavy atom. The minimum absolute atomic E-state index is 0.0178. The van der Waals surface area contributed by atoms with Crippen LogP contribution in [0.2, 0.25) is 0 Å². The summed E-state index contributed by atoms with van der Waals surface area (Å²) in [6, 6.07) is 0.178. The van der Waals surface area contributed by atoms with E-state index in [0.29, 0.717) is 13.0 Å². The van der Waals surface area contributed by atoms with Crippen molar-refractivity contribution in [3.8, 4) is 0 Å². The van der Waals surface area contributed by atoms with Crippen molar-refractivity contribution in [1.82, 2.24) is 5.32 Å². The van der Waals surface area contributed by atoms with Crippen molar-refractivity contribution in [2.45, 2.75) is 64.2 Å². The van der Waals surface area contributed by atoms with E-state index in [9.17, 15) is 4.79 Å². The third-order valence-electron chi connectivity index (χ3n) is 3.22. The van der Waals surface area contributed by atoms with E-state index >= 15 is 0 Å². The maximum Gasteiger partial charge on any atom is 0.307 e. The predicted octanol–water partition coefficient (Wildman–Crippen LogP) is 0.820. The quantitative estimate of drug-likeness (QED) is 0.744. The molecule has 1 N–H and O–H groups in total. The lowest BCUT2D eigenvalue weighted by Crippen LogP contribution is -2.39. The average Bonchev–Trinajstić information content (AvgIpc) is 2.65. The van der Waals surface area contributed by atoms with Crippen LogP contribution in [-0.4, -0.2) is 42.7 Å². The summed E-state index contributed by atoms with van der Waals surface area (Å²) in [7, 11) is 0. The zero-order chi connectivity index (χ0) is 12.6. The van der Waals surface area contributed by atoms with Gasteiger partial charge in [-0.05, 0) is 27.7 Å². The molecule has 2 aliphatic rings. The lowest BCUT2D eigenvalue weighted by molar-refractivity contribution is -0.159. The maximum absolute atomic E-state index is 11.5. The van der Waals surface area contributed by atoms with Crippen molar-refractivity contribution in [1.29, 1.82) is 0 Å². The van der Waals surface area contributed by atoms with Crippen LogP contribution < -0.4 is 5.32 Å². The zero-order valence-electron chi connectivity index (χ0n) is 10.9. The summed E-state index contributed by atoms with van der Waals surface area (Å²) >= 11 is 0. The molecular formula is C12H21NO4. The SMILES string of the molecule is CCOC(=O)C[C@@H]1N[C@@H](C)[C@H]2OC(C)(C)O[C@H]21. The Balaban J connectivity index is 1.99. The van der Waals surface area contributed by atoms with Crippen LogP contribution in [0.1, 0.15) is 34.1 Å². The van der Waals surface area contributed by atoms with Crippen molar-refractivity contribution in [3.63, 3.8) is 0 Å². The van der Waals surface area contributed by atoms with Gasteiger partial charge >= 0.3 is 5.97 Å². The molecule has 0 bridgehead atoms. The second-order valence-corrected chi connectivity index (χ2v) is 5.14. The number of carbonyl (C=O) groups is 1. The molecule has 0 aromatic heterocycles. The van der Waals surface area contributed by atoms with Crippen LogP contribution in [0.15, 0.2) is 0 Å². The third kappa shape index (κ3) is 2.61. The molecule has 2 saturated heterocycles. The molecule has 2 heterocycles. The molecule has 0 aliphatic carbocycles. The molecule has 0 amide bonds. The van der Waals surface area contributed by atoms with Crippen LogP contribution in [0.5, 0.6) is 0 Å². The van der Waals surface area contributed by atoms with Gasteiger partial charge in [-0.2, -0.15) is 0 Å². The number of hydrogen-bond acceptors (Lipinski definition) is 5. The molecule has 0 radical (unpaired) electrons. The normalized spacial score (nSPS) is 39.1. The summed E-state index contributed by atoms with van der Waals surface area (Å²) in [6.07, 6.45) is 0.285. The Morgan fingerprint density at radius 1 is 1.35 bits per heavy atom. The first-order valence-corrected chi connectivity index (χ1v) is 6.20. The van der Waals surface area contributed by atoms with Crippen LogP contribution >= 0.6 is 0 Å². The van der Waals surface area contributed by atoms with Gasteiger partial charge in [0, 0.05) is 12.1 Å². The number of nitrogens with one attached hydrogen (secondary N) is 1. The molecule has 5 nitrogen and oxygen atoms in total. The highest BCUT2D eigenvalue weighted by Crippen LogP contribution is 2.36. The predicted molar refractivity (Wildman–Crippen MR) is 61.5 cm³/mol. The monoisotopic (exact) mass is 243 g/mol. The largest absolute Gasteiger partial charge is 0.466 e. The fourth-order valence-corrected chi connectivity index (χ4v) is 2.62. The Morgan fingerprint density at radius 3 is 2.65 bits per heavy atom. The molecule has 0 aromatic carbocycles. The minimum Gasteiger partial charge on any atom is -0.466 e. The molecule has 2 fully saturated rings. The molecule has 2 aliphatic heterocycles. The van der Waals surface area contributed by atoms with Crippen LogP contribution in [0.3, 0.4) is 0 Å². The molecule has 0 aromatic rings.